The van der Waals surface area contributed by atoms with E-state index >= 15 is 0 Å². The molecule has 0 saturated carbocycles. The van der Waals surface area contributed by atoms with Crippen LogP contribution in [0.25, 0.3) is 0 Å². The van der Waals surface area contributed by atoms with Crippen LogP contribution in [0.4, 0.5) is 4.39 Å². The van der Waals surface area contributed by atoms with Crippen LogP contribution >= 0.6 is 0 Å². The second-order valence-electron chi connectivity index (χ2n) is 3.61. The van der Waals surface area contributed by atoms with Gasteiger partial charge < -0.3 is 4.90 Å². The van der Waals surface area contributed by atoms with Gasteiger partial charge in [0, 0.05) is 19.5 Å². The molecule has 0 aliphatic rings. The molecule has 0 bridgehead atoms. The molecule has 0 N–H and O–H groups in total. The van der Waals surface area contributed by atoms with Crippen LogP contribution in [0.2, 0.25) is 0 Å². The molecule has 0 aromatic heterocycles. The second kappa shape index (κ2) is 5.85. The van der Waals surface area contributed by atoms with Gasteiger partial charge in [-0.3, -0.25) is 0 Å². The fourth-order valence-electron chi connectivity index (χ4n) is 1.44. The lowest BCUT2D eigenvalue weighted by Gasteiger charge is -2.14. The van der Waals surface area contributed by atoms with E-state index in [0.29, 0.717) is 25.1 Å². The van der Waals surface area contributed by atoms with Crippen LogP contribution in [0.3, 0.4) is 0 Å². The van der Waals surface area contributed by atoms with E-state index in [9.17, 15) is 4.39 Å². The minimum absolute atomic E-state index is 0.323. The standard InChI is InChI=1S/C12H12FN3/c1-16(4-2-3-14)9-11-5-10(8-15)6-12(13)7-11/h5-7H,2,4,9H2,1H3. The molecule has 1 rings (SSSR count). The van der Waals surface area contributed by atoms with Crippen molar-refractivity contribution < 1.29 is 4.39 Å². The van der Waals surface area contributed by atoms with Gasteiger partial charge in [-0.05, 0) is 30.8 Å². The first-order chi connectivity index (χ1) is 7.65. The maximum Gasteiger partial charge on any atom is 0.124 e. The quantitative estimate of drug-likeness (QED) is 0.775. The van der Waals surface area contributed by atoms with Crippen LogP contribution in [-0.2, 0) is 6.54 Å². The van der Waals surface area contributed by atoms with E-state index < -0.39 is 5.82 Å². The predicted molar refractivity (Wildman–Crippen MR) is 57.7 cm³/mol. The number of halogens is 1. The summed E-state index contributed by atoms with van der Waals surface area (Å²) in [5.41, 5.74) is 1.07. The smallest absolute Gasteiger partial charge is 0.124 e. The molecule has 1 aromatic rings. The van der Waals surface area contributed by atoms with E-state index in [1.807, 2.05) is 18.0 Å². The number of rotatable bonds is 4. The Hall–Kier alpha value is -1.91. The summed E-state index contributed by atoms with van der Waals surface area (Å²) in [6.07, 6.45) is 0.441. The Kier molecular flexibility index (Phi) is 4.44. The van der Waals surface area contributed by atoms with Gasteiger partial charge in [-0.1, -0.05) is 0 Å². The highest BCUT2D eigenvalue weighted by Gasteiger charge is 2.03. The molecular weight excluding hydrogens is 205 g/mol. The summed E-state index contributed by atoms with van der Waals surface area (Å²) in [7, 11) is 1.86. The summed E-state index contributed by atoms with van der Waals surface area (Å²) in [4.78, 5) is 1.92. The molecule has 0 aliphatic heterocycles. The number of hydrogen-bond donors (Lipinski definition) is 0. The first-order valence-corrected chi connectivity index (χ1v) is 4.91. The zero-order chi connectivity index (χ0) is 12.0. The molecule has 0 spiro atoms. The Balaban J connectivity index is 2.71. The molecule has 0 saturated heterocycles. The van der Waals surface area contributed by atoms with Crippen LogP contribution in [0.5, 0.6) is 0 Å². The van der Waals surface area contributed by atoms with Crippen LogP contribution in [0.1, 0.15) is 17.5 Å². The predicted octanol–water partition coefficient (Wildman–Crippen LogP) is 2.04. The Morgan fingerprint density at radius 1 is 1.31 bits per heavy atom. The van der Waals surface area contributed by atoms with E-state index in [0.717, 1.165) is 5.56 Å². The fourth-order valence-corrected chi connectivity index (χ4v) is 1.44. The van der Waals surface area contributed by atoms with Crippen molar-refractivity contribution in [1.29, 1.82) is 10.5 Å². The van der Waals surface area contributed by atoms with Crippen molar-refractivity contribution in [2.24, 2.45) is 0 Å². The fraction of sp³-hybridized carbons (Fsp3) is 0.333. The minimum atomic E-state index is -0.400. The molecule has 0 atom stereocenters. The topological polar surface area (TPSA) is 50.8 Å². The SMILES string of the molecule is CN(CCC#N)Cc1cc(F)cc(C#N)c1. The summed E-state index contributed by atoms with van der Waals surface area (Å²) in [5.74, 6) is -0.400. The van der Waals surface area contributed by atoms with E-state index in [2.05, 4.69) is 6.07 Å². The van der Waals surface area contributed by atoms with Gasteiger partial charge >= 0.3 is 0 Å². The average molecular weight is 217 g/mol. The molecule has 0 radical (unpaired) electrons. The maximum absolute atomic E-state index is 13.1. The summed E-state index contributed by atoms with van der Waals surface area (Å²) >= 11 is 0. The van der Waals surface area contributed by atoms with Crippen LogP contribution in [0, 0.1) is 28.5 Å². The zero-order valence-electron chi connectivity index (χ0n) is 9.07. The highest BCUT2D eigenvalue weighted by molar-refractivity contribution is 5.33. The molecule has 82 valence electrons. The van der Waals surface area contributed by atoms with E-state index in [-0.39, 0.29) is 0 Å². The Morgan fingerprint density at radius 2 is 2.06 bits per heavy atom. The average Bonchev–Trinajstić information content (AvgIpc) is 2.25. The van der Waals surface area contributed by atoms with Crippen molar-refractivity contribution in [1.82, 2.24) is 4.90 Å². The van der Waals surface area contributed by atoms with Crippen LogP contribution in [0.15, 0.2) is 18.2 Å². The molecule has 0 amide bonds. The highest BCUT2D eigenvalue weighted by Crippen LogP contribution is 2.10. The molecule has 0 fully saturated rings. The minimum Gasteiger partial charge on any atom is -0.301 e. The third-order valence-electron chi connectivity index (χ3n) is 2.14. The highest BCUT2D eigenvalue weighted by atomic mass is 19.1. The molecule has 0 heterocycles. The van der Waals surface area contributed by atoms with Gasteiger partial charge in [-0.15, -0.1) is 0 Å². The molecule has 4 heteroatoms. The number of nitriles is 2. The molecular formula is C12H12FN3. The number of nitrogens with zero attached hydrogens (tertiary/aromatic N) is 3. The van der Waals surface area contributed by atoms with Crippen LogP contribution < -0.4 is 0 Å². The van der Waals surface area contributed by atoms with Crippen molar-refractivity contribution in [3.05, 3.63) is 35.1 Å². The van der Waals surface area contributed by atoms with Crippen molar-refractivity contribution >= 4 is 0 Å². The van der Waals surface area contributed by atoms with Crippen LogP contribution in [-0.4, -0.2) is 18.5 Å². The van der Waals surface area contributed by atoms with Gasteiger partial charge in [0.25, 0.3) is 0 Å². The summed E-state index contributed by atoms with van der Waals surface area (Å²) in [5, 5.41) is 17.1. The first kappa shape index (κ1) is 12.2. The maximum atomic E-state index is 13.1. The number of hydrogen-bond acceptors (Lipinski definition) is 3. The van der Waals surface area contributed by atoms with Crippen molar-refractivity contribution in [3.63, 3.8) is 0 Å². The summed E-state index contributed by atoms with van der Waals surface area (Å²) in [6, 6.07) is 8.24. The molecule has 3 nitrogen and oxygen atoms in total. The van der Waals surface area contributed by atoms with Crippen molar-refractivity contribution in [2.75, 3.05) is 13.6 Å². The lowest BCUT2D eigenvalue weighted by Crippen LogP contribution is -2.18. The van der Waals surface area contributed by atoms with E-state index in [1.54, 1.807) is 6.07 Å². The summed E-state index contributed by atoms with van der Waals surface area (Å²) < 4.78 is 13.1. The molecule has 0 aliphatic carbocycles. The Labute approximate surface area is 94.3 Å². The lowest BCUT2D eigenvalue weighted by atomic mass is 10.1. The van der Waals surface area contributed by atoms with Gasteiger partial charge in [0.2, 0.25) is 0 Å². The van der Waals surface area contributed by atoms with Crippen molar-refractivity contribution in [3.8, 4) is 12.1 Å². The Morgan fingerprint density at radius 3 is 2.69 bits per heavy atom. The summed E-state index contributed by atoms with van der Waals surface area (Å²) in [6.45, 7) is 1.17. The van der Waals surface area contributed by atoms with Gasteiger partial charge in [0.1, 0.15) is 5.82 Å². The zero-order valence-corrected chi connectivity index (χ0v) is 9.07. The van der Waals surface area contributed by atoms with E-state index in [1.165, 1.54) is 12.1 Å². The molecule has 0 unspecified atom stereocenters. The van der Waals surface area contributed by atoms with Gasteiger partial charge in [-0.2, -0.15) is 10.5 Å². The second-order valence-corrected chi connectivity index (χ2v) is 3.61. The molecule has 1 aromatic carbocycles. The monoisotopic (exact) mass is 217 g/mol. The van der Waals surface area contributed by atoms with Crippen molar-refractivity contribution in [2.45, 2.75) is 13.0 Å². The third kappa shape index (κ3) is 3.68. The van der Waals surface area contributed by atoms with Gasteiger partial charge in [0.15, 0.2) is 0 Å². The third-order valence-corrected chi connectivity index (χ3v) is 2.14. The van der Waals surface area contributed by atoms with Gasteiger partial charge in [-0.25, -0.2) is 4.39 Å². The van der Waals surface area contributed by atoms with Gasteiger partial charge in [0.05, 0.1) is 17.7 Å². The molecule has 16 heavy (non-hydrogen) atoms. The largest absolute Gasteiger partial charge is 0.301 e. The van der Waals surface area contributed by atoms with E-state index in [4.69, 9.17) is 10.5 Å². The Bertz CT molecular complexity index is 443. The lowest BCUT2D eigenvalue weighted by molar-refractivity contribution is 0.334. The normalized spacial score (nSPS) is 9.81. The first-order valence-electron chi connectivity index (χ1n) is 4.91. The number of benzene rings is 1.